The largest absolute Gasteiger partial charge is 0.393 e. The van der Waals surface area contributed by atoms with Crippen LogP contribution >= 0.6 is 0 Å². The minimum absolute atomic E-state index is 0.0566. The maximum atomic E-state index is 12.8. The molecule has 4 atom stereocenters. The average Bonchev–Trinajstić information content (AvgIpc) is 2.60. The quantitative estimate of drug-likeness (QED) is 0.598. The predicted octanol–water partition coefficient (Wildman–Crippen LogP) is 2.80. The molecule has 1 aliphatic heterocycles. The van der Waals surface area contributed by atoms with E-state index >= 15 is 0 Å². The van der Waals surface area contributed by atoms with Crippen molar-refractivity contribution in [3.8, 4) is 0 Å². The van der Waals surface area contributed by atoms with Crippen LogP contribution < -0.4 is 5.32 Å². The van der Waals surface area contributed by atoms with Gasteiger partial charge in [-0.15, -0.1) is 0 Å². The van der Waals surface area contributed by atoms with Crippen molar-refractivity contribution < 1.29 is 14.7 Å². The first-order valence-corrected chi connectivity index (χ1v) is 10.4. The topological polar surface area (TPSA) is 65.0 Å². The molecular formula is C21H43N3O3. The number of carbonyl (C=O) groups is 1. The van der Waals surface area contributed by atoms with Crippen LogP contribution in [-0.2, 0) is 9.63 Å². The monoisotopic (exact) mass is 385 g/mol. The van der Waals surface area contributed by atoms with Gasteiger partial charge in [-0.05, 0) is 74.0 Å². The molecule has 0 bridgehead atoms. The average molecular weight is 386 g/mol. The summed E-state index contributed by atoms with van der Waals surface area (Å²) in [5.74, 6) is -0.0435. The van der Waals surface area contributed by atoms with E-state index in [4.69, 9.17) is 4.84 Å². The summed E-state index contributed by atoms with van der Waals surface area (Å²) in [6, 6.07) is 0. The van der Waals surface area contributed by atoms with E-state index in [2.05, 4.69) is 44.8 Å². The lowest BCUT2D eigenvalue weighted by molar-refractivity contribution is -0.348. The Hall–Kier alpha value is -0.690. The number of nitrogens with zero attached hydrogens (tertiary/aromatic N) is 2. The fourth-order valence-corrected chi connectivity index (χ4v) is 3.97. The Morgan fingerprint density at radius 2 is 1.89 bits per heavy atom. The third-order valence-electron chi connectivity index (χ3n) is 6.57. The number of amides is 1. The highest BCUT2D eigenvalue weighted by atomic mass is 16.7. The summed E-state index contributed by atoms with van der Waals surface area (Å²) in [6.45, 7) is 15.8. The van der Waals surface area contributed by atoms with Gasteiger partial charge in [0.25, 0.3) is 5.91 Å². The van der Waals surface area contributed by atoms with Crippen molar-refractivity contribution in [3.05, 3.63) is 0 Å². The summed E-state index contributed by atoms with van der Waals surface area (Å²) >= 11 is 0. The van der Waals surface area contributed by atoms with Crippen molar-refractivity contribution >= 4 is 5.91 Å². The van der Waals surface area contributed by atoms with Crippen LogP contribution in [0.4, 0.5) is 0 Å². The normalized spacial score (nSPS) is 32.7. The smallest absolute Gasteiger partial charge is 0.253 e. The van der Waals surface area contributed by atoms with Gasteiger partial charge < -0.3 is 15.3 Å². The Morgan fingerprint density at radius 1 is 1.30 bits per heavy atom. The van der Waals surface area contributed by atoms with Crippen LogP contribution in [0, 0.1) is 5.92 Å². The van der Waals surface area contributed by atoms with Crippen molar-refractivity contribution in [1.29, 1.82) is 0 Å². The van der Waals surface area contributed by atoms with Crippen LogP contribution in [0.15, 0.2) is 0 Å². The summed E-state index contributed by atoms with van der Waals surface area (Å²) in [4.78, 5) is 21.4. The first kappa shape index (κ1) is 24.3. The highest BCUT2D eigenvalue weighted by Gasteiger charge is 2.55. The lowest BCUT2D eigenvalue weighted by Gasteiger charge is -2.59. The van der Waals surface area contributed by atoms with Gasteiger partial charge in [-0.3, -0.25) is 9.63 Å². The second-order valence-corrected chi connectivity index (χ2v) is 9.43. The standard InChI is InChI=1S/C21H43N3O3/c1-10-20(6)15-17(25)16(3)21(7,11-2)24(20)27-19(4,5)18(26)22-13-12-14-23(8)9/h16-17,25H,10-15H2,1-9H3,(H,22,26). The van der Waals surface area contributed by atoms with Gasteiger partial charge >= 0.3 is 0 Å². The van der Waals surface area contributed by atoms with E-state index in [-0.39, 0.29) is 29.0 Å². The highest BCUT2D eigenvalue weighted by molar-refractivity contribution is 5.84. The van der Waals surface area contributed by atoms with Crippen molar-refractivity contribution in [2.45, 2.75) is 96.9 Å². The van der Waals surface area contributed by atoms with Crippen molar-refractivity contribution in [1.82, 2.24) is 15.3 Å². The minimum atomic E-state index is -0.979. The highest BCUT2D eigenvalue weighted by Crippen LogP contribution is 2.46. The summed E-state index contributed by atoms with van der Waals surface area (Å²) in [5, 5.41) is 15.7. The van der Waals surface area contributed by atoms with Gasteiger partial charge in [-0.2, -0.15) is 5.06 Å². The lowest BCUT2D eigenvalue weighted by atomic mass is 9.69. The Bertz CT molecular complexity index is 497. The molecular weight excluding hydrogens is 342 g/mol. The minimum Gasteiger partial charge on any atom is -0.393 e. The summed E-state index contributed by atoms with van der Waals surface area (Å²) < 4.78 is 0. The molecule has 6 heteroatoms. The number of carbonyl (C=O) groups excluding carboxylic acids is 1. The van der Waals surface area contributed by atoms with E-state index in [0.717, 1.165) is 25.8 Å². The van der Waals surface area contributed by atoms with E-state index < -0.39 is 5.60 Å². The molecule has 160 valence electrons. The van der Waals surface area contributed by atoms with Gasteiger partial charge in [0.15, 0.2) is 5.60 Å². The maximum absolute atomic E-state index is 12.8. The number of piperidine rings is 1. The van der Waals surface area contributed by atoms with Crippen LogP contribution in [0.25, 0.3) is 0 Å². The molecule has 1 rings (SSSR count). The SMILES string of the molecule is CCC1(C)CC(O)C(C)C(C)(CC)N1OC(C)(C)C(=O)NCCCN(C)C. The zero-order valence-electron chi connectivity index (χ0n) is 19.1. The van der Waals surface area contributed by atoms with Crippen LogP contribution in [0.1, 0.15) is 74.1 Å². The Labute approximate surface area is 166 Å². The summed E-state index contributed by atoms with van der Waals surface area (Å²) in [6.07, 6.45) is 2.85. The molecule has 1 heterocycles. The predicted molar refractivity (Wildman–Crippen MR) is 110 cm³/mol. The second kappa shape index (κ2) is 9.21. The first-order chi connectivity index (χ1) is 12.3. The zero-order chi connectivity index (χ0) is 21.0. The van der Waals surface area contributed by atoms with E-state index in [1.165, 1.54) is 0 Å². The number of hydrogen-bond donors (Lipinski definition) is 2. The Balaban J connectivity index is 2.96. The molecule has 4 unspecified atom stereocenters. The molecule has 0 aliphatic carbocycles. The molecule has 1 fully saturated rings. The van der Waals surface area contributed by atoms with E-state index in [9.17, 15) is 9.90 Å². The van der Waals surface area contributed by atoms with Gasteiger partial charge in [-0.1, -0.05) is 20.8 Å². The van der Waals surface area contributed by atoms with Crippen LogP contribution in [0.2, 0.25) is 0 Å². The summed E-state index contributed by atoms with van der Waals surface area (Å²) in [7, 11) is 4.05. The molecule has 0 radical (unpaired) electrons. The van der Waals surface area contributed by atoms with Gasteiger partial charge in [0, 0.05) is 23.5 Å². The second-order valence-electron chi connectivity index (χ2n) is 9.43. The maximum Gasteiger partial charge on any atom is 0.253 e. The van der Waals surface area contributed by atoms with Crippen molar-refractivity contribution in [2.24, 2.45) is 5.92 Å². The number of nitrogens with one attached hydrogen (secondary N) is 1. The fraction of sp³-hybridized carbons (Fsp3) is 0.952. The molecule has 27 heavy (non-hydrogen) atoms. The van der Waals surface area contributed by atoms with Gasteiger partial charge in [0.05, 0.1) is 6.10 Å². The number of aliphatic hydroxyl groups is 1. The molecule has 0 aromatic heterocycles. The number of hydroxylamine groups is 2. The lowest BCUT2D eigenvalue weighted by Crippen LogP contribution is -2.69. The van der Waals surface area contributed by atoms with Gasteiger partial charge in [0.1, 0.15) is 0 Å². The van der Waals surface area contributed by atoms with Gasteiger partial charge in [-0.25, -0.2) is 0 Å². The number of hydrogen-bond acceptors (Lipinski definition) is 5. The molecule has 1 amide bonds. The third kappa shape index (κ3) is 5.43. The molecule has 0 saturated carbocycles. The molecule has 0 aromatic carbocycles. The first-order valence-electron chi connectivity index (χ1n) is 10.4. The Morgan fingerprint density at radius 3 is 2.37 bits per heavy atom. The molecule has 1 aliphatic rings. The van der Waals surface area contributed by atoms with E-state index in [1.807, 2.05) is 33.0 Å². The zero-order valence-corrected chi connectivity index (χ0v) is 19.1. The van der Waals surface area contributed by atoms with Crippen LogP contribution in [0.3, 0.4) is 0 Å². The molecule has 2 N–H and O–H groups in total. The molecule has 6 nitrogen and oxygen atoms in total. The molecule has 1 saturated heterocycles. The van der Waals surface area contributed by atoms with Crippen molar-refractivity contribution in [3.63, 3.8) is 0 Å². The number of rotatable bonds is 9. The number of aliphatic hydroxyl groups excluding tert-OH is 1. The van der Waals surface area contributed by atoms with Gasteiger partial charge in [0.2, 0.25) is 0 Å². The van der Waals surface area contributed by atoms with Crippen LogP contribution in [-0.4, -0.2) is 70.9 Å². The van der Waals surface area contributed by atoms with Crippen LogP contribution in [0.5, 0.6) is 0 Å². The molecule has 0 aromatic rings. The van der Waals surface area contributed by atoms with E-state index in [1.54, 1.807) is 0 Å². The fourth-order valence-electron chi connectivity index (χ4n) is 3.97. The van der Waals surface area contributed by atoms with Crippen molar-refractivity contribution in [2.75, 3.05) is 27.2 Å². The molecule has 0 spiro atoms. The Kier molecular flexibility index (Phi) is 8.30. The third-order valence-corrected chi connectivity index (χ3v) is 6.57. The summed E-state index contributed by atoms with van der Waals surface area (Å²) in [5.41, 5.74) is -1.64. The van der Waals surface area contributed by atoms with E-state index in [0.29, 0.717) is 13.0 Å².